The Kier molecular flexibility index (Phi) is 5.40. The summed E-state index contributed by atoms with van der Waals surface area (Å²) in [5.74, 6) is 0.935. The number of anilines is 1. The molecule has 0 aromatic carbocycles. The molecule has 0 N–H and O–H groups in total. The fraction of sp³-hybridized carbons (Fsp3) is 0.636. The van der Waals surface area contributed by atoms with Gasteiger partial charge in [-0.15, -0.1) is 0 Å². The topological polar surface area (TPSA) is 29.0 Å². The van der Waals surface area contributed by atoms with Crippen molar-refractivity contribution >= 4 is 17.4 Å². The molecule has 0 saturated carbocycles. The predicted octanol–water partition coefficient (Wildman–Crippen LogP) is 3.15. The molecule has 1 aromatic rings. The van der Waals surface area contributed by atoms with Gasteiger partial charge in [0.25, 0.3) is 0 Å². The van der Waals surface area contributed by atoms with Crippen LogP contribution in [0.3, 0.4) is 0 Å². The zero-order chi connectivity index (χ0) is 11.1. The fourth-order valence-electron chi connectivity index (χ4n) is 1.46. The molecule has 3 nitrogen and oxygen atoms in total. The van der Waals surface area contributed by atoms with E-state index >= 15 is 0 Å². The van der Waals surface area contributed by atoms with E-state index in [4.69, 9.17) is 11.6 Å². The minimum atomic E-state index is 0.324. The van der Waals surface area contributed by atoms with Crippen LogP contribution in [0.5, 0.6) is 0 Å². The number of aromatic nitrogens is 2. The Morgan fingerprint density at radius 2 is 2.07 bits per heavy atom. The van der Waals surface area contributed by atoms with Gasteiger partial charge in [-0.1, -0.05) is 20.3 Å². The van der Waals surface area contributed by atoms with E-state index in [0.29, 0.717) is 5.28 Å². The van der Waals surface area contributed by atoms with Gasteiger partial charge in [-0.3, -0.25) is 0 Å². The standard InChI is InChI=1S/C11H18ClN3/c1-3-5-9-15(8-4-2)10-6-7-13-11(12)14-10/h6-7H,3-5,8-9H2,1-2H3. The van der Waals surface area contributed by atoms with Gasteiger partial charge in [-0.2, -0.15) is 0 Å². The zero-order valence-electron chi connectivity index (χ0n) is 9.41. The molecule has 4 heteroatoms. The van der Waals surface area contributed by atoms with Crippen molar-refractivity contribution in [2.24, 2.45) is 0 Å². The highest BCUT2D eigenvalue weighted by atomic mass is 35.5. The predicted molar refractivity (Wildman–Crippen MR) is 64.5 cm³/mol. The van der Waals surface area contributed by atoms with Gasteiger partial charge < -0.3 is 4.90 Å². The first-order valence-corrected chi connectivity index (χ1v) is 5.89. The van der Waals surface area contributed by atoms with Crippen LogP contribution in [0.25, 0.3) is 0 Å². The molecule has 0 bridgehead atoms. The molecule has 0 aliphatic heterocycles. The van der Waals surface area contributed by atoms with Gasteiger partial charge in [-0.05, 0) is 30.5 Å². The van der Waals surface area contributed by atoms with Crippen molar-refractivity contribution in [3.05, 3.63) is 17.5 Å². The molecule has 0 atom stereocenters. The van der Waals surface area contributed by atoms with E-state index in [0.717, 1.165) is 25.3 Å². The first kappa shape index (κ1) is 12.2. The maximum absolute atomic E-state index is 5.77. The van der Waals surface area contributed by atoms with E-state index in [9.17, 15) is 0 Å². The monoisotopic (exact) mass is 227 g/mol. The highest BCUT2D eigenvalue weighted by Gasteiger charge is 2.06. The van der Waals surface area contributed by atoms with Crippen LogP contribution < -0.4 is 4.90 Å². The van der Waals surface area contributed by atoms with Crippen molar-refractivity contribution in [1.29, 1.82) is 0 Å². The zero-order valence-corrected chi connectivity index (χ0v) is 10.2. The maximum Gasteiger partial charge on any atom is 0.224 e. The smallest absolute Gasteiger partial charge is 0.224 e. The van der Waals surface area contributed by atoms with Crippen LogP contribution >= 0.6 is 11.6 Å². The average Bonchev–Trinajstić information content (AvgIpc) is 2.24. The van der Waals surface area contributed by atoms with Crippen LogP contribution in [0, 0.1) is 0 Å². The van der Waals surface area contributed by atoms with Crippen molar-refractivity contribution in [2.75, 3.05) is 18.0 Å². The first-order chi connectivity index (χ1) is 7.27. The second-order valence-corrected chi connectivity index (χ2v) is 3.86. The number of hydrogen-bond acceptors (Lipinski definition) is 3. The molecule has 15 heavy (non-hydrogen) atoms. The van der Waals surface area contributed by atoms with E-state index < -0.39 is 0 Å². The Hall–Kier alpha value is -0.830. The van der Waals surface area contributed by atoms with Crippen LogP contribution in [0.15, 0.2) is 12.3 Å². The average molecular weight is 228 g/mol. The number of rotatable bonds is 6. The van der Waals surface area contributed by atoms with Gasteiger partial charge in [0.1, 0.15) is 5.82 Å². The van der Waals surface area contributed by atoms with Gasteiger partial charge in [0.15, 0.2) is 0 Å². The van der Waals surface area contributed by atoms with Crippen LogP contribution in [0.1, 0.15) is 33.1 Å². The molecule has 0 fully saturated rings. The highest BCUT2D eigenvalue weighted by Crippen LogP contribution is 2.13. The third-order valence-electron chi connectivity index (χ3n) is 2.21. The second-order valence-electron chi connectivity index (χ2n) is 3.52. The third-order valence-corrected chi connectivity index (χ3v) is 2.39. The minimum Gasteiger partial charge on any atom is -0.356 e. The van der Waals surface area contributed by atoms with Crippen LogP contribution in [0.2, 0.25) is 5.28 Å². The Morgan fingerprint density at radius 1 is 1.27 bits per heavy atom. The van der Waals surface area contributed by atoms with Gasteiger partial charge in [-0.25, -0.2) is 9.97 Å². The summed E-state index contributed by atoms with van der Waals surface area (Å²) >= 11 is 5.77. The summed E-state index contributed by atoms with van der Waals surface area (Å²) < 4.78 is 0. The number of unbranched alkanes of at least 4 members (excludes halogenated alkanes) is 1. The van der Waals surface area contributed by atoms with Crippen molar-refractivity contribution in [2.45, 2.75) is 33.1 Å². The van der Waals surface area contributed by atoms with Gasteiger partial charge in [0.05, 0.1) is 0 Å². The highest BCUT2D eigenvalue weighted by molar-refractivity contribution is 6.28. The van der Waals surface area contributed by atoms with E-state index in [-0.39, 0.29) is 0 Å². The fourth-order valence-corrected chi connectivity index (χ4v) is 1.60. The Balaban J connectivity index is 2.69. The van der Waals surface area contributed by atoms with Gasteiger partial charge in [0.2, 0.25) is 5.28 Å². The SMILES string of the molecule is CCCCN(CCC)c1ccnc(Cl)n1. The second kappa shape index (κ2) is 6.62. The summed E-state index contributed by atoms with van der Waals surface area (Å²) in [4.78, 5) is 10.4. The molecule has 1 heterocycles. The molecular weight excluding hydrogens is 210 g/mol. The molecule has 0 radical (unpaired) electrons. The quantitative estimate of drug-likeness (QED) is 0.700. The van der Waals surface area contributed by atoms with Crippen LogP contribution in [-0.4, -0.2) is 23.1 Å². The van der Waals surface area contributed by atoms with Crippen molar-refractivity contribution in [3.8, 4) is 0 Å². The minimum absolute atomic E-state index is 0.324. The van der Waals surface area contributed by atoms with E-state index in [2.05, 4.69) is 28.7 Å². The van der Waals surface area contributed by atoms with E-state index in [1.807, 2.05) is 6.07 Å². The van der Waals surface area contributed by atoms with Crippen molar-refractivity contribution in [1.82, 2.24) is 9.97 Å². The molecule has 84 valence electrons. The molecule has 0 amide bonds. The summed E-state index contributed by atoms with van der Waals surface area (Å²) in [6, 6.07) is 1.91. The molecule has 0 saturated heterocycles. The summed E-state index contributed by atoms with van der Waals surface area (Å²) in [5.41, 5.74) is 0. The molecule has 1 aromatic heterocycles. The lowest BCUT2D eigenvalue weighted by Gasteiger charge is -2.22. The number of halogens is 1. The summed E-state index contributed by atoms with van der Waals surface area (Å²) in [7, 11) is 0. The van der Waals surface area contributed by atoms with E-state index in [1.54, 1.807) is 6.20 Å². The largest absolute Gasteiger partial charge is 0.356 e. The molecule has 0 unspecified atom stereocenters. The summed E-state index contributed by atoms with van der Waals surface area (Å²) in [6.45, 7) is 6.42. The Bertz CT molecular complexity index is 291. The lowest BCUT2D eigenvalue weighted by atomic mass is 10.3. The number of nitrogens with zero attached hydrogens (tertiary/aromatic N) is 3. The molecule has 1 rings (SSSR count). The molecule has 0 aliphatic carbocycles. The van der Waals surface area contributed by atoms with Gasteiger partial charge >= 0.3 is 0 Å². The lowest BCUT2D eigenvalue weighted by molar-refractivity contribution is 0.695. The molecule has 0 spiro atoms. The van der Waals surface area contributed by atoms with E-state index in [1.165, 1.54) is 12.8 Å². The Labute approximate surface area is 96.5 Å². The van der Waals surface area contributed by atoms with Gasteiger partial charge in [0, 0.05) is 19.3 Å². The maximum atomic E-state index is 5.77. The van der Waals surface area contributed by atoms with Crippen molar-refractivity contribution in [3.63, 3.8) is 0 Å². The normalized spacial score (nSPS) is 10.3. The summed E-state index contributed by atoms with van der Waals surface area (Å²) in [5, 5.41) is 0.324. The summed E-state index contributed by atoms with van der Waals surface area (Å²) in [6.07, 6.45) is 5.20. The Morgan fingerprint density at radius 3 is 2.67 bits per heavy atom. The first-order valence-electron chi connectivity index (χ1n) is 5.51. The molecular formula is C11H18ClN3. The van der Waals surface area contributed by atoms with Crippen molar-refractivity contribution < 1.29 is 0 Å². The lowest BCUT2D eigenvalue weighted by Crippen LogP contribution is -2.26. The third kappa shape index (κ3) is 4.04. The number of hydrogen-bond donors (Lipinski definition) is 0. The van der Waals surface area contributed by atoms with Crippen LogP contribution in [-0.2, 0) is 0 Å². The molecule has 0 aliphatic rings. The van der Waals surface area contributed by atoms with Crippen LogP contribution in [0.4, 0.5) is 5.82 Å².